The van der Waals surface area contributed by atoms with Crippen LogP contribution in [0.25, 0.3) is 0 Å². The molecule has 1 unspecified atom stereocenters. The van der Waals surface area contributed by atoms with Gasteiger partial charge in [-0.05, 0) is 69.4 Å². The van der Waals surface area contributed by atoms with Gasteiger partial charge in [-0.3, -0.25) is 4.90 Å². The molecular formula is C32H46BNO5Si. The Bertz CT molecular complexity index is 1160. The van der Waals surface area contributed by atoms with E-state index in [0.717, 1.165) is 5.47 Å². The summed E-state index contributed by atoms with van der Waals surface area (Å²) < 4.78 is 25.8. The molecule has 0 spiro atoms. The molecule has 4 rings (SSSR count). The highest BCUT2D eigenvalue weighted by molar-refractivity contribution is 6.99. The Balaban J connectivity index is 1.72. The molecule has 1 amide bonds. The average molecular weight is 564 g/mol. The van der Waals surface area contributed by atoms with E-state index in [0.29, 0.717) is 13.2 Å². The van der Waals surface area contributed by atoms with Crippen LogP contribution in [0.15, 0.2) is 72.2 Å². The van der Waals surface area contributed by atoms with E-state index in [9.17, 15) is 4.79 Å². The van der Waals surface area contributed by atoms with Crippen LogP contribution < -0.4 is 10.4 Å². The Kier molecular flexibility index (Phi) is 8.24. The maximum absolute atomic E-state index is 13.5. The van der Waals surface area contributed by atoms with Gasteiger partial charge in [-0.2, -0.15) is 0 Å². The first kappa shape index (κ1) is 30.6. The lowest BCUT2D eigenvalue weighted by atomic mass is 9.78. The maximum atomic E-state index is 13.5. The molecular weight excluding hydrogens is 517 g/mol. The van der Waals surface area contributed by atoms with Crippen molar-refractivity contribution in [3.8, 4) is 0 Å². The summed E-state index contributed by atoms with van der Waals surface area (Å²) in [6, 6.07) is 20.8. The molecule has 2 aromatic carbocycles. The lowest BCUT2D eigenvalue weighted by Crippen LogP contribution is -2.67. The van der Waals surface area contributed by atoms with Gasteiger partial charge in [-0.15, -0.1) is 0 Å². The van der Waals surface area contributed by atoms with Crippen LogP contribution >= 0.6 is 0 Å². The third-order valence-electron chi connectivity index (χ3n) is 8.23. The van der Waals surface area contributed by atoms with Crippen LogP contribution in [0.5, 0.6) is 0 Å². The van der Waals surface area contributed by atoms with Gasteiger partial charge in [0.25, 0.3) is 8.32 Å². The van der Waals surface area contributed by atoms with Crippen molar-refractivity contribution in [2.45, 2.75) is 97.1 Å². The van der Waals surface area contributed by atoms with Gasteiger partial charge in [0, 0.05) is 6.54 Å². The van der Waals surface area contributed by atoms with E-state index in [1.807, 2.05) is 60.6 Å². The molecule has 0 aromatic heterocycles. The summed E-state index contributed by atoms with van der Waals surface area (Å²) in [4.78, 5) is 15.2. The first-order valence-corrected chi connectivity index (χ1v) is 16.2. The molecule has 1 atom stereocenters. The fraction of sp³-hybridized carbons (Fsp3) is 0.531. The van der Waals surface area contributed by atoms with Crippen molar-refractivity contribution in [1.29, 1.82) is 0 Å². The molecule has 1 fully saturated rings. The molecule has 6 nitrogen and oxygen atoms in total. The summed E-state index contributed by atoms with van der Waals surface area (Å²) in [7, 11) is -3.33. The number of nitrogens with zero attached hydrogens (tertiary/aromatic N) is 1. The Hall–Kier alpha value is -2.39. The lowest BCUT2D eigenvalue weighted by molar-refractivity contribution is 0.00578. The smallest absolute Gasteiger partial charge is 0.444 e. The van der Waals surface area contributed by atoms with E-state index in [-0.39, 0.29) is 17.2 Å². The quantitative estimate of drug-likeness (QED) is 0.420. The number of ether oxygens (including phenoxy) is 1. The largest absolute Gasteiger partial charge is 0.492 e. The average Bonchev–Trinajstić information content (AvgIpc) is 3.36. The number of rotatable bonds is 6. The zero-order valence-electron chi connectivity index (χ0n) is 25.9. The summed E-state index contributed by atoms with van der Waals surface area (Å²) in [5.74, 6) is 0. The second-order valence-corrected chi connectivity index (χ2v) is 18.3. The van der Waals surface area contributed by atoms with Crippen molar-refractivity contribution >= 4 is 31.9 Å². The maximum Gasteiger partial charge on any atom is 0.492 e. The molecule has 216 valence electrons. The fourth-order valence-electron chi connectivity index (χ4n) is 5.48. The number of hydrogen-bond acceptors (Lipinski definition) is 5. The molecule has 40 heavy (non-hydrogen) atoms. The van der Waals surface area contributed by atoms with E-state index >= 15 is 0 Å². The van der Waals surface area contributed by atoms with Gasteiger partial charge in [-0.1, -0.05) is 87.5 Å². The predicted octanol–water partition coefficient (Wildman–Crippen LogP) is 5.74. The molecule has 0 bridgehead atoms. The minimum Gasteiger partial charge on any atom is -0.444 e. The van der Waals surface area contributed by atoms with Crippen molar-refractivity contribution in [1.82, 2.24) is 4.90 Å². The van der Waals surface area contributed by atoms with Gasteiger partial charge >= 0.3 is 13.2 Å². The normalized spacial score (nSPS) is 20.9. The Labute approximate surface area is 242 Å². The van der Waals surface area contributed by atoms with Crippen LogP contribution in [0.4, 0.5) is 4.79 Å². The highest BCUT2D eigenvalue weighted by Gasteiger charge is 2.55. The third-order valence-corrected chi connectivity index (χ3v) is 13.2. The minimum absolute atomic E-state index is 0.177. The first-order chi connectivity index (χ1) is 18.5. The second kappa shape index (κ2) is 10.8. The van der Waals surface area contributed by atoms with Crippen LogP contribution in [-0.2, 0) is 18.5 Å². The molecule has 0 radical (unpaired) electrons. The number of hydrogen-bond donors (Lipinski definition) is 0. The molecule has 2 heterocycles. The second-order valence-electron chi connectivity index (χ2n) is 14.0. The van der Waals surface area contributed by atoms with Crippen LogP contribution in [0.1, 0.15) is 69.2 Å². The Morgan fingerprint density at radius 1 is 0.900 bits per heavy atom. The lowest BCUT2D eigenvalue weighted by Gasteiger charge is -2.44. The van der Waals surface area contributed by atoms with Crippen LogP contribution in [-0.4, -0.2) is 62.4 Å². The Morgan fingerprint density at radius 2 is 1.38 bits per heavy atom. The van der Waals surface area contributed by atoms with Crippen molar-refractivity contribution in [3.05, 3.63) is 72.2 Å². The first-order valence-electron chi connectivity index (χ1n) is 14.3. The van der Waals surface area contributed by atoms with Crippen LogP contribution in [0.3, 0.4) is 0 Å². The number of amides is 1. The third kappa shape index (κ3) is 5.96. The molecule has 8 heteroatoms. The predicted molar refractivity (Wildman–Crippen MR) is 164 cm³/mol. The molecule has 2 aliphatic heterocycles. The van der Waals surface area contributed by atoms with Crippen molar-refractivity contribution in [2.24, 2.45) is 0 Å². The summed E-state index contributed by atoms with van der Waals surface area (Å²) in [5, 5.41) is 2.22. The molecule has 1 saturated heterocycles. The number of carbonyl (C=O) groups is 1. The van der Waals surface area contributed by atoms with E-state index in [4.69, 9.17) is 18.5 Å². The molecule has 2 aliphatic rings. The van der Waals surface area contributed by atoms with E-state index < -0.39 is 32.2 Å². The van der Waals surface area contributed by atoms with Gasteiger partial charge in [0.1, 0.15) is 5.60 Å². The van der Waals surface area contributed by atoms with Crippen molar-refractivity contribution < 1.29 is 23.3 Å². The standard InChI is InChI=1S/C32H46BNO5Si/c1-29(2,3)37-28(35)34-22-24(33-38-31(7,8)32(9,10)39-33)21-25(34)23-36-40(30(4,5)6,26-17-13-11-14-18-26)27-19-15-12-16-20-27/h11-21,25H,22-23H2,1-10H3. The summed E-state index contributed by atoms with van der Waals surface area (Å²) >= 11 is 0. The highest BCUT2D eigenvalue weighted by Crippen LogP contribution is 2.41. The summed E-state index contributed by atoms with van der Waals surface area (Å²) in [5.41, 5.74) is -0.647. The van der Waals surface area contributed by atoms with Crippen LogP contribution in [0, 0.1) is 0 Å². The van der Waals surface area contributed by atoms with Gasteiger partial charge in [-0.25, -0.2) is 4.79 Å². The van der Waals surface area contributed by atoms with E-state index in [2.05, 4.69) is 75.4 Å². The van der Waals surface area contributed by atoms with E-state index in [1.165, 1.54) is 10.4 Å². The topological polar surface area (TPSA) is 57.2 Å². The Morgan fingerprint density at radius 3 is 1.80 bits per heavy atom. The number of benzene rings is 2. The zero-order valence-corrected chi connectivity index (χ0v) is 26.9. The van der Waals surface area contributed by atoms with Crippen LogP contribution in [0.2, 0.25) is 5.04 Å². The monoisotopic (exact) mass is 563 g/mol. The van der Waals surface area contributed by atoms with Crippen molar-refractivity contribution in [2.75, 3.05) is 13.2 Å². The highest BCUT2D eigenvalue weighted by atomic mass is 28.4. The SMILES string of the molecule is CC(C)(C)OC(=O)N1CC(B2OC(C)(C)C(C)(C)O2)=CC1CO[Si](c1ccccc1)(c1ccccc1)C(C)(C)C. The molecule has 0 aliphatic carbocycles. The fourth-order valence-corrected chi connectivity index (χ4v) is 10.1. The van der Waals surface area contributed by atoms with Gasteiger partial charge in [0.15, 0.2) is 0 Å². The summed E-state index contributed by atoms with van der Waals surface area (Å²) in [6.45, 7) is 21.3. The van der Waals surface area contributed by atoms with Gasteiger partial charge < -0.3 is 18.5 Å². The van der Waals surface area contributed by atoms with Gasteiger partial charge in [0.05, 0.1) is 23.9 Å². The zero-order chi connectivity index (χ0) is 29.6. The molecule has 0 N–H and O–H groups in total. The van der Waals surface area contributed by atoms with Gasteiger partial charge in [0.2, 0.25) is 0 Å². The molecule has 2 aromatic rings. The summed E-state index contributed by atoms with van der Waals surface area (Å²) in [6.07, 6.45) is 1.72. The minimum atomic E-state index is -2.80. The van der Waals surface area contributed by atoms with Crippen molar-refractivity contribution in [3.63, 3.8) is 0 Å². The number of carbonyl (C=O) groups excluding carboxylic acids is 1. The molecule has 0 saturated carbocycles. The van der Waals surface area contributed by atoms with E-state index in [1.54, 1.807) is 4.90 Å².